The van der Waals surface area contributed by atoms with Gasteiger partial charge in [-0.15, -0.1) is 0 Å². The molecule has 0 saturated heterocycles. The molecule has 60 valence electrons. The van der Waals surface area contributed by atoms with Gasteiger partial charge in [-0.05, 0) is 6.42 Å². The van der Waals surface area contributed by atoms with Crippen molar-refractivity contribution >= 4 is 11.9 Å². The maximum Gasteiger partial charge on any atom is 0.330 e. The van der Waals surface area contributed by atoms with Crippen LogP contribution in [-0.2, 0) is 9.59 Å². The maximum absolute atomic E-state index is 10.1. The second kappa shape index (κ2) is 4.30. The molecule has 0 atom stereocenters. The van der Waals surface area contributed by atoms with Gasteiger partial charge in [0.05, 0.1) is 11.3 Å². The van der Waals surface area contributed by atoms with Gasteiger partial charge in [-0.25, -0.2) is 9.59 Å². The van der Waals surface area contributed by atoms with Crippen LogP contribution in [0.4, 0.5) is 0 Å². The number of carboxylic acids is 1. The second-order valence-corrected chi connectivity index (χ2v) is 1.87. The quantitative estimate of drug-likeness (QED) is 0.343. The number of rotatable bonds is 3. The van der Waals surface area contributed by atoms with Crippen LogP contribution in [0.2, 0.25) is 0 Å². The van der Waals surface area contributed by atoms with Crippen LogP contribution in [0, 0.1) is 0 Å². The summed E-state index contributed by atoms with van der Waals surface area (Å²) in [4.78, 5) is 20.1. The average Bonchev–Trinajstić information content (AvgIpc) is 1.88. The van der Waals surface area contributed by atoms with Crippen molar-refractivity contribution in [1.29, 1.82) is 0 Å². The molecule has 0 saturated carbocycles. The first kappa shape index (κ1) is 9.46. The van der Waals surface area contributed by atoms with E-state index in [4.69, 9.17) is 10.8 Å². The topological polar surface area (TPSA) is 80.4 Å². The summed E-state index contributed by atoms with van der Waals surface area (Å²) < 4.78 is 0. The van der Waals surface area contributed by atoms with Gasteiger partial charge in [0.2, 0.25) is 0 Å². The second-order valence-electron chi connectivity index (χ2n) is 1.87. The van der Waals surface area contributed by atoms with Crippen LogP contribution in [0.3, 0.4) is 0 Å². The van der Waals surface area contributed by atoms with Gasteiger partial charge in [0.1, 0.15) is 5.94 Å². The van der Waals surface area contributed by atoms with Crippen LogP contribution < -0.4 is 5.73 Å². The molecule has 0 fully saturated rings. The highest BCUT2D eigenvalue weighted by molar-refractivity contribution is 5.82. The lowest BCUT2D eigenvalue weighted by molar-refractivity contribution is -0.131. The zero-order chi connectivity index (χ0) is 8.85. The van der Waals surface area contributed by atoms with Crippen molar-refractivity contribution < 1.29 is 14.7 Å². The Kier molecular flexibility index (Phi) is 3.70. The number of carbonyl (C=O) groups is 1. The molecule has 0 aromatic heterocycles. The van der Waals surface area contributed by atoms with Crippen molar-refractivity contribution in [3.05, 3.63) is 17.3 Å². The number of carbonyl (C=O) groups excluding carboxylic acids is 1. The van der Waals surface area contributed by atoms with Crippen LogP contribution >= 0.6 is 0 Å². The van der Waals surface area contributed by atoms with Crippen molar-refractivity contribution in [3.8, 4) is 0 Å². The first-order valence-electron chi connectivity index (χ1n) is 3.06. The van der Waals surface area contributed by atoms with E-state index < -0.39 is 5.97 Å². The monoisotopic (exact) mass is 155 g/mol. The molecule has 0 amide bonds. The molecule has 0 aliphatic carbocycles. The zero-order valence-corrected chi connectivity index (χ0v) is 6.13. The number of nitrogens with two attached hydrogens (primary N) is 1. The Morgan fingerprint density at radius 2 is 2.27 bits per heavy atom. The van der Waals surface area contributed by atoms with E-state index in [1.807, 2.05) is 0 Å². The highest BCUT2D eigenvalue weighted by Crippen LogP contribution is 2.02. The molecular formula is C7H9NO3. The minimum absolute atomic E-state index is 0.0324. The Morgan fingerprint density at radius 3 is 2.55 bits per heavy atom. The predicted molar refractivity (Wildman–Crippen MR) is 39.4 cm³/mol. The van der Waals surface area contributed by atoms with Crippen LogP contribution in [0.1, 0.15) is 13.3 Å². The largest absolute Gasteiger partial charge is 0.478 e. The van der Waals surface area contributed by atoms with Crippen molar-refractivity contribution in [2.75, 3.05) is 0 Å². The maximum atomic E-state index is 10.1. The fourth-order valence-corrected chi connectivity index (χ4v) is 0.555. The number of hydrogen-bond acceptors (Lipinski definition) is 3. The Labute approximate surface area is 64.0 Å². The van der Waals surface area contributed by atoms with Crippen molar-refractivity contribution in [2.45, 2.75) is 13.3 Å². The van der Waals surface area contributed by atoms with E-state index in [1.165, 1.54) is 0 Å². The molecule has 0 heterocycles. The molecule has 0 rings (SSSR count). The van der Waals surface area contributed by atoms with Crippen LogP contribution in [0.5, 0.6) is 0 Å². The van der Waals surface area contributed by atoms with Crippen molar-refractivity contribution in [1.82, 2.24) is 0 Å². The Bertz CT molecular complexity index is 236. The summed E-state index contributed by atoms with van der Waals surface area (Å²) in [6.45, 7) is 1.70. The lowest BCUT2D eigenvalue weighted by atomic mass is 10.1. The zero-order valence-electron chi connectivity index (χ0n) is 6.13. The van der Waals surface area contributed by atoms with Gasteiger partial charge in [0.25, 0.3) is 0 Å². The normalized spacial score (nSPS) is 10.5. The van der Waals surface area contributed by atoms with Crippen LogP contribution in [0.25, 0.3) is 0 Å². The molecule has 4 heteroatoms. The third-order valence-corrected chi connectivity index (χ3v) is 1.10. The summed E-state index contributed by atoms with van der Waals surface area (Å²) in [5.41, 5.74) is 5.38. The highest BCUT2D eigenvalue weighted by Gasteiger charge is 2.00. The Balaban J connectivity index is 4.59. The third kappa shape index (κ3) is 3.23. The van der Waals surface area contributed by atoms with E-state index >= 15 is 0 Å². The molecule has 0 radical (unpaired) electrons. The summed E-state index contributed by atoms with van der Waals surface area (Å²) >= 11 is 0. The van der Waals surface area contributed by atoms with Gasteiger partial charge in [-0.2, -0.15) is 0 Å². The van der Waals surface area contributed by atoms with Gasteiger partial charge in [-0.1, -0.05) is 6.92 Å². The molecular weight excluding hydrogens is 146 g/mol. The number of hydrogen-bond donors (Lipinski definition) is 2. The first-order chi connectivity index (χ1) is 5.11. The summed E-state index contributed by atoms with van der Waals surface area (Å²) in [6, 6.07) is 0. The molecule has 0 aliphatic heterocycles. The number of aliphatic carboxylic acids is 1. The Morgan fingerprint density at radius 1 is 1.73 bits per heavy atom. The van der Waals surface area contributed by atoms with E-state index in [2.05, 4.69) is 0 Å². The summed E-state index contributed by atoms with van der Waals surface area (Å²) in [5.74, 6) is 0.404. The van der Waals surface area contributed by atoms with Crippen molar-refractivity contribution in [3.63, 3.8) is 0 Å². The van der Waals surface area contributed by atoms with Gasteiger partial charge in [0, 0.05) is 6.08 Å². The van der Waals surface area contributed by atoms with Gasteiger partial charge >= 0.3 is 5.97 Å². The van der Waals surface area contributed by atoms with E-state index in [9.17, 15) is 9.59 Å². The van der Waals surface area contributed by atoms with E-state index in [-0.39, 0.29) is 11.3 Å². The lowest BCUT2D eigenvalue weighted by Gasteiger charge is -1.96. The fourth-order valence-electron chi connectivity index (χ4n) is 0.555. The first-order valence-corrected chi connectivity index (χ1v) is 3.06. The number of allylic oxidation sites excluding steroid dienone is 1. The SMILES string of the molecule is CCC(=C=O)C(N)=CC(=O)O. The Hall–Kier alpha value is -1.54. The van der Waals surface area contributed by atoms with Gasteiger partial charge < -0.3 is 10.8 Å². The molecule has 4 nitrogen and oxygen atoms in total. The summed E-state index contributed by atoms with van der Waals surface area (Å²) in [7, 11) is 0. The minimum Gasteiger partial charge on any atom is -0.478 e. The van der Waals surface area contributed by atoms with E-state index in [0.29, 0.717) is 6.42 Å². The molecule has 0 aromatic rings. The molecule has 0 bridgehead atoms. The van der Waals surface area contributed by atoms with Gasteiger partial charge in [0.15, 0.2) is 0 Å². The van der Waals surface area contributed by atoms with Gasteiger partial charge in [-0.3, -0.25) is 0 Å². The summed E-state index contributed by atoms with van der Waals surface area (Å²) in [6.07, 6.45) is 1.17. The molecule has 0 aromatic carbocycles. The molecule has 11 heavy (non-hydrogen) atoms. The minimum atomic E-state index is -1.16. The van der Waals surface area contributed by atoms with Crippen LogP contribution in [0.15, 0.2) is 17.3 Å². The van der Waals surface area contributed by atoms with E-state index in [1.54, 1.807) is 12.9 Å². The molecule has 3 N–H and O–H groups in total. The third-order valence-electron chi connectivity index (χ3n) is 1.10. The van der Waals surface area contributed by atoms with E-state index in [0.717, 1.165) is 6.08 Å². The molecule has 0 aliphatic rings. The number of carboxylic acid groups (broad SMARTS) is 1. The predicted octanol–water partition coefficient (Wildman–Crippen LogP) is 0.0816. The molecule has 0 unspecified atom stereocenters. The average molecular weight is 155 g/mol. The van der Waals surface area contributed by atoms with Crippen LogP contribution in [-0.4, -0.2) is 17.0 Å². The summed E-state index contributed by atoms with van der Waals surface area (Å²) in [5, 5.41) is 8.22. The fraction of sp³-hybridized carbons (Fsp3) is 0.286. The smallest absolute Gasteiger partial charge is 0.330 e. The highest BCUT2D eigenvalue weighted by atomic mass is 16.4. The molecule has 0 spiro atoms. The lowest BCUT2D eigenvalue weighted by Crippen LogP contribution is -2.04. The van der Waals surface area contributed by atoms with Crippen molar-refractivity contribution in [2.24, 2.45) is 5.73 Å². The standard InChI is InChI=1S/C7H9NO3/c1-2-5(4-9)6(8)3-7(10)11/h3H,2,8H2,1H3,(H,10,11).